The number of hydrogen-bond acceptors (Lipinski definition) is 12. The Bertz CT molecular complexity index is 3300. The Balaban J connectivity index is 0.992. The number of aryl methyl sites for hydroxylation is 2. The smallest absolute Gasteiger partial charge is 0.324 e. The van der Waals surface area contributed by atoms with Crippen molar-refractivity contribution in [2.75, 3.05) is 40.9 Å². The third-order valence-electron chi connectivity index (χ3n) is 17.2. The first-order valence-corrected chi connectivity index (χ1v) is 30.1. The SMILES string of the molecule is CCn1c(-c2cccnc2[C@H](C)OC)c2c3cc(ccc31)-c1cc(cc(OC(C)=O)c1)C[C@H](NC(=O)[C@H](C1CCCC1)N(C)C(=O)CN(C)C(=O)[C@H]1C(C3CC3)N1[S@](=O)c1ccc(C)cc1)C(=O)N1CCC[C@H](N1)C(=O)OCC(C)(C)C2. The van der Waals surface area contributed by atoms with Gasteiger partial charge in [0.25, 0.3) is 5.91 Å². The van der Waals surface area contributed by atoms with Crippen LogP contribution in [0.1, 0.15) is 114 Å². The van der Waals surface area contributed by atoms with E-state index in [0.717, 1.165) is 70.2 Å². The Morgan fingerprint density at radius 3 is 2.39 bits per heavy atom. The van der Waals surface area contributed by atoms with Crippen LogP contribution in [0.5, 0.6) is 5.75 Å². The molecular formula is C63H78N8O10S. The second kappa shape index (κ2) is 24.2. The monoisotopic (exact) mass is 1140 g/mol. The largest absolute Gasteiger partial charge is 0.464 e. The Morgan fingerprint density at radius 1 is 0.951 bits per heavy atom. The number of nitrogens with one attached hydrogen (secondary N) is 2. The van der Waals surface area contributed by atoms with E-state index in [1.165, 1.54) is 21.7 Å². The number of ether oxygens (including phenoxy) is 3. The average molecular weight is 1140 g/mol. The molecule has 4 fully saturated rings. The zero-order valence-corrected chi connectivity index (χ0v) is 49.5. The van der Waals surface area contributed by atoms with Gasteiger partial charge in [0.1, 0.15) is 40.9 Å². The van der Waals surface area contributed by atoms with E-state index >= 15 is 9.59 Å². The van der Waals surface area contributed by atoms with Gasteiger partial charge in [-0.2, -0.15) is 0 Å². The average Bonchev–Trinajstić information content (AvgIpc) is 4.46. The van der Waals surface area contributed by atoms with Crippen molar-refractivity contribution in [3.8, 4) is 28.1 Å². The summed E-state index contributed by atoms with van der Waals surface area (Å²) in [5, 5.41) is 5.46. The molecule has 3 aromatic carbocycles. The van der Waals surface area contributed by atoms with Crippen LogP contribution >= 0.6 is 0 Å². The van der Waals surface area contributed by atoms with Gasteiger partial charge in [-0.15, -0.1) is 0 Å². The second-order valence-electron chi connectivity index (χ2n) is 24.0. The normalized spacial score (nSPS) is 23.0. The van der Waals surface area contributed by atoms with Crippen molar-refractivity contribution >= 4 is 57.5 Å². The number of fused-ring (bicyclic) bond motifs is 6. The molecule has 10 rings (SSSR count). The molecule has 2 aromatic heterocycles. The number of rotatable bonds is 15. The fraction of sp³-hybridized carbons (Fsp3) is 0.508. The summed E-state index contributed by atoms with van der Waals surface area (Å²) in [6, 6.07) is 19.2. The molecule has 6 bridgehead atoms. The fourth-order valence-corrected chi connectivity index (χ4v) is 14.2. The molecule has 8 atom stereocenters. The zero-order valence-electron chi connectivity index (χ0n) is 48.7. The Labute approximate surface area is 483 Å². The van der Waals surface area contributed by atoms with E-state index in [2.05, 4.69) is 54.3 Å². The first-order valence-electron chi connectivity index (χ1n) is 29.0. The van der Waals surface area contributed by atoms with E-state index < -0.39 is 70.2 Å². The zero-order chi connectivity index (χ0) is 58.3. The molecule has 5 heterocycles. The van der Waals surface area contributed by atoms with Crippen LogP contribution in [0.4, 0.5) is 0 Å². The van der Waals surface area contributed by atoms with Crippen molar-refractivity contribution in [3.05, 3.63) is 101 Å². The molecule has 19 heteroatoms. The maximum atomic E-state index is 15.2. The van der Waals surface area contributed by atoms with Crippen LogP contribution in [-0.2, 0) is 68.6 Å². The summed E-state index contributed by atoms with van der Waals surface area (Å²) in [6.45, 7) is 12.1. The van der Waals surface area contributed by atoms with Crippen molar-refractivity contribution < 1.29 is 47.2 Å². The summed E-state index contributed by atoms with van der Waals surface area (Å²) in [5.74, 6) is -2.59. The van der Waals surface area contributed by atoms with Gasteiger partial charge in [0, 0.05) is 75.7 Å². The topological polar surface area (TPSA) is 202 Å². The highest BCUT2D eigenvalue weighted by Gasteiger charge is 2.62. The lowest BCUT2D eigenvalue weighted by molar-refractivity contribution is -0.155. The van der Waals surface area contributed by atoms with Crippen molar-refractivity contribution in [2.45, 2.75) is 154 Å². The number of aromatic nitrogens is 2. The van der Waals surface area contributed by atoms with Crippen molar-refractivity contribution in [1.82, 2.24) is 39.4 Å². The van der Waals surface area contributed by atoms with Gasteiger partial charge >= 0.3 is 11.9 Å². The predicted octanol–water partition coefficient (Wildman–Crippen LogP) is 7.64. The summed E-state index contributed by atoms with van der Waals surface area (Å²) in [5.41, 5.74) is 10.4. The number of amides is 4. The Morgan fingerprint density at radius 2 is 1.70 bits per heavy atom. The van der Waals surface area contributed by atoms with E-state index in [1.54, 1.807) is 43.8 Å². The van der Waals surface area contributed by atoms with E-state index in [0.29, 0.717) is 54.7 Å². The Hall–Kier alpha value is -6.80. The van der Waals surface area contributed by atoms with Crippen LogP contribution in [0.3, 0.4) is 0 Å². The van der Waals surface area contributed by atoms with Gasteiger partial charge in [-0.25, -0.2) is 13.9 Å². The number of cyclic esters (lactones) is 1. The van der Waals surface area contributed by atoms with Crippen molar-refractivity contribution in [1.29, 1.82) is 0 Å². The quantitative estimate of drug-likeness (QED) is 0.0591. The lowest BCUT2D eigenvalue weighted by Crippen LogP contribution is -2.62. The molecule has 2 unspecified atom stereocenters. The molecule has 2 saturated carbocycles. The van der Waals surface area contributed by atoms with Crippen LogP contribution in [0.2, 0.25) is 0 Å². The van der Waals surface area contributed by atoms with Gasteiger partial charge in [0.15, 0.2) is 0 Å². The molecule has 5 aromatic rings. The highest BCUT2D eigenvalue weighted by atomic mass is 32.2. The van der Waals surface area contributed by atoms with Crippen molar-refractivity contribution in [2.24, 2.45) is 17.3 Å². The second-order valence-corrected chi connectivity index (χ2v) is 25.4. The third kappa shape index (κ3) is 12.3. The number of carbonyl (C=O) groups excluding carboxylic acids is 6. The number of methoxy groups -OCH3 is 1. The van der Waals surface area contributed by atoms with Crippen LogP contribution in [0, 0.1) is 24.2 Å². The number of hydrazine groups is 1. The number of nitrogens with zero attached hydrogens (tertiary/aromatic N) is 6. The highest BCUT2D eigenvalue weighted by Crippen LogP contribution is 2.49. The summed E-state index contributed by atoms with van der Waals surface area (Å²) in [7, 11) is 3.25. The van der Waals surface area contributed by atoms with Crippen LogP contribution in [-0.4, -0.2) is 140 Å². The van der Waals surface area contributed by atoms with Gasteiger partial charge in [-0.05, 0) is 148 Å². The van der Waals surface area contributed by atoms with E-state index in [-0.39, 0.29) is 61.8 Å². The molecule has 82 heavy (non-hydrogen) atoms. The fourth-order valence-electron chi connectivity index (χ4n) is 12.7. The Kier molecular flexibility index (Phi) is 17.2. The molecule has 436 valence electrons. The third-order valence-corrected chi connectivity index (χ3v) is 18.7. The first kappa shape index (κ1) is 58.4. The van der Waals surface area contributed by atoms with Crippen molar-refractivity contribution in [3.63, 3.8) is 0 Å². The van der Waals surface area contributed by atoms with Gasteiger partial charge in [-0.1, -0.05) is 56.5 Å². The van der Waals surface area contributed by atoms with Gasteiger partial charge < -0.3 is 33.9 Å². The minimum Gasteiger partial charge on any atom is -0.464 e. The molecule has 0 spiro atoms. The number of likely N-dealkylation sites (N-methyl/N-ethyl adjacent to an activating group) is 2. The number of benzene rings is 3. The minimum absolute atomic E-state index is 0.0597. The maximum absolute atomic E-state index is 15.2. The van der Waals surface area contributed by atoms with Crippen LogP contribution < -0.4 is 15.5 Å². The lowest BCUT2D eigenvalue weighted by atomic mass is 9.84. The van der Waals surface area contributed by atoms with Gasteiger partial charge in [0.2, 0.25) is 17.7 Å². The summed E-state index contributed by atoms with van der Waals surface area (Å²) in [6.07, 6.45) is 7.70. The van der Waals surface area contributed by atoms with E-state index in [1.807, 2.05) is 56.3 Å². The number of pyridine rings is 1. The minimum atomic E-state index is -1.56. The van der Waals surface area contributed by atoms with E-state index in [4.69, 9.17) is 19.2 Å². The molecular weight excluding hydrogens is 1060 g/mol. The summed E-state index contributed by atoms with van der Waals surface area (Å²) in [4.78, 5) is 94.3. The van der Waals surface area contributed by atoms with Gasteiger partial charge in [-0.3, -0.25) is 38.8 Å². The molecule has 2 N–H and O–H groups in total. The standard InChI is InChI=1S/C63H78N8O10S/c1-10-69-52-26-23-43-33-48(52)49(57(69)47-17-13-27-64-54(47)38(3)79-9)34-63(5,6)36-80-62(77)50-18-14-28-70(66-50)60(75)51(31-40-29-44(43)32-45(30-40)81-39(4)72)65-59(74)56(41-15-11-12-16-41)68(8)53(73)35-67(7)61(76)58-55(42-21-22-42)71(58)82(78)46-24-19-37(2)20-25-46/h13,17,19-20,23-27,29-30,32-33,38,41-42,50-51,55-56,58,66H,10-12,14-16,18,21-22,28,31,34-36H2,1-9H3,(H,65,74)/t38-,50-,51-,55?,56-,58+,71?,82+/m0/s1. The molecule has 3 aliphatic heterocycles. The molecule has 0 radical (unpaired) electrons. The lowest BCUT2D eigenvalue weighted by Gasteiger charge is -2.37. The van der Waals surface area contributed by atoms with Crippen LogP contribution in [0.25, 0.3) is 33.3 Å². The summed E-state index contributed by atoms with van der Waals surface area (Å²) < 4.78 is 35.7. The summed E-state index contributed by atoms with van der Waals surface area (Å²) >= 11 is 0. The number of esters is 2. The molecule has 5 aliphatic rings. The highest BCUT2D eigenvalue weighted by molar-refractivity contribution is 7.83. The number of hydrogen-bond donors (Lipinski definition) is 2. The van der Waals surface area contributed by atoms with Gasteiger partial charge in [0.05, 0.1) is 41.6 Å². The maximum Gasteiger partial charge on any atom is 0.324 e. The number of carbonyl (C=O) groups is 6. The first-order chi connectivity index (χ1) is 39.2. The predicted molar refractivity (Wildman–Crippen MR) is 311 cm³/mol. The van der Waals surface area contributed by atoms with E-state index in [9.17, 15) is 23.4 Å². The molecule has 4 amide bonds. The molecule has 2 aliphatic carbocycles. The van der Waals surface area contributed by atoms with Crippen LogP contribution in [0.15, 0.2) is 83.9 Å². The molecule has 2 saturated heterocycles. The molecule has 18 nitrogen and oxygen atoms in total.